The van der Waals surface area contributed by atoms with Gasteiger partial charge in [0.2, 0.25) is 0 Å². The van der Waals surface area contributed by atoms with E-state index in [-0.39, 0.29) is 19.1 Å². The topological polar surface area (TPSA) is 81.9 Å². The average Bonchev–Trinajstić information content (AvgIpc) is 3.14. The van der Waals surface area contributed by atoms with Crippen LogP contribution in [0, 0.1) is 6.92 Å². The number of rotatable bonds is 7. The van der Waals surface area contributed by atoms with Gasteiger partial charge in [-0.1, -0.05) is 43.7 Å². The van der Waals surface area contributed by atoms with Gasteiger partial charge in [0, 0.05) is 0 Å². The molecular weight excluding hydrogens is 342 g/mol. The summed E-state index contributed by atoms with van der Waals surface area (Å²) in [7, 11) is 0. The number of tetrazole rings is 1. The van der Waals surface area contributed by atoms with Crippen molar-refractivity contribution >= 4 is 5.91 Å². The molecule has 0 aliphatic carbocycles. The Hall–Kier alpha value is -3.22. The largest absolute Gasteiger partial charge is 0.484 e. The number of benzene rings is 2. The van der Waals surface area contributed by atoms with Crippen molar-refractivity contribution in [2.24, 2.45) is 0 Å². The van der Waals surface area contributed by atoms with Crippen LogP contribution in [0.1, 0.15) is 36.7 Å². The van der Waals surface area contributed by atoms with Gasteiger partial charge in [0.05, 0.1) is 12.2 Å². The first-order chi connectivity index (χ1) is 13.0. The number of hydrogen-bond donors (Lipinski definition) is 1. The predicted octanol–water partition coefficient (Wildman–Crippen LogP) is 2.79. The number of aromatic nitrogens is 4. The Kier molecular flexibility index (Phi) is 5.80. The number of amides is 1. The van der Waals surface area contributed by atoms with E-state index < -0.39 is 0 Å². The first kappa shape index (κ1) is 18.6. The molecule has 1 aromatic heterocycles. The number of ether oxygens (including phenoxy) is 1. The third-order valence-corrected chi connectivity index (χ3v) is 4.17. The summed E-state index contributed by atoms with van der Waals surface area (Å²) in [4.78, 5) is 12.1. The molecule has 140 valence electrons. The molecule has 0 aliphatic heterocycles. The van der Waals surface area contributed by atoms with Crippen LogP contribution in [-0.2, 0) is 11.3 Å². The lowest BCUT2D eigenvalue weighted by atomic mass is 10.0. The predicted molar refractivity (Wildman–Crippen MR) is 102 cm³/mol. The van der Waals surface area contributed by atoms with Gasteiger partial charge in [-0.25, -0.2) is 0 Å². The molecule has 3 rings (SSSR count). The third kappa shape index (κ3) is 4.91. The first-order valence-electron chi connectivity index (χ1n) is 8.86. The van der Waals surface area contributed by atoms with Crippen LogP contribution in [0.5, 0.6) is 5.75 Å². The Morgan fingerprint density at radius 3 is 2.48 bits per heavy atom. The van der Waals surface area contributed by atoms with Gasteiger partial charge in [-0.15, -0.1) is 5.10 Å². The molecule has 7 heteroatoms. The van der Waals surface area contributed by atoms with Crippen LogP contribution in [0.4, 0.5) is 0 Å². The number of carbonyl (C=O) groups is 1. The molecule has 1 N–H and O–H groups in total. The van der Waals surface area contributed by atoms with Gasteiger partial charge in [-0.2, -0.15) is 4.68 Å². The lowest BCUT2D eigenvalue weighted by molar-refractivity contribution is -0.123. The summed E-state index contributed by atoms with van der Waals surface area (Å²) in [6.45, 7) is 6.43. The standard InChI is InChI=1S/C20H23N5O2/c1-14(2)16-6-10-18(11-7-16)27-13-20(26)21-12-19-22-23-24-25(19)17-8-4-15(3)5-9-17/h4-11,14H,12-13H2,1-3H3,(H,21,26). The van der Waals surface area contributed by atoms with Crippen LogP contribution in [-0.4, -0.2) is 32.7 Å². The van der Waals surface area contributed by atoms with E-state index in [0.717, 1.165) is 11.3 Å². The van der Waals surface area contributed by atoms with Gasteiger partial charge >= 0.3 is 0 Å². The van der Waals surface area contributed by atoms with Crippen molar-refractivity contribution in [3.63, 3.8) is 0 Å². The highest BCUT2D eigenvalue weighted by Crippen LogP contribution is 2.18. The maximum atomic E-state index is 12.1. The van der Waals surface area contributed by atoms with Crippen LogP contribution >= 0.6 is 0 Å². The molecule has 0 bridgehead atoms. The Morgan fingerprint density at radius 1 is 1.11 bits per heavy atom. The number of nitrogens with one attached hydrogen (secondary N) is 1. The van der Waals surface area contributed by atoms with Crippen molar-refractivity contribution in [2.45, 2.75) is 33.2 Å². The molecule has 1 amide bonds. The van der Waals surface area contributed by atoms with E-state index in [0.29, 0.717) is 17.5 Å². The summed E-state index contributed by atoms with van der Waals surface area (Å²) >= 11 is 0. The first-order valence-corrected chi connectivity index (χ1v) is 8.86. The maximum Gasteiger partial charge on any atom is 0.258 e. The third-order valence-electron chi connectivity index (χ3n) is 4.17. The lowest BCUT2D eigenvalue weighted by Gasteiger charge is -2.09. The van der Waals surface area contributed by atoms with E-state index in [1.54, 1.807) is 4.68 Å². The van der Waals surface area contributed by atoms with Crippen molar-refractivity contribution in [1.29, 1.82) is 0 Å². The lowest BCUT2D eigenvalue weighted by Crippen LogP contribution is -2.29. The minimum Gasteiger partial charge on any atom is -0.484 e. The van der Waals surface area contributed by atoms with E-state index in [2.05, 4.69) is 34.7 Å². The number of hydrogen-bond acceptors (Lipinski definition) is 5. The SMILES string of the molecule is Cc1ccc(-n2nnnc2CNC(=O)COc2ccc(C(C)C)cc2)cc1. The smallest absolute Gasteiger partial charge is 0.258 e. The second-order valence-corrected chi connectivity index (χ2v) is 6.63. The summed E-state index contributed by atoms with van der Waals surface area (Å²) in [5, 5.41) is 14.4. The average molecular weight is 365 g/mol. The summed E-state index contributed by atoms with van der Waals surface area (Å²) in [6, 6.07) is 15.6. The number of aryl methyl sites for hydroxylation is 1. The van der Waals surface area contributed by atoms with Gasteiger partial charge in [0.1, 0.15) is 5.75 Å². The molecule has 0 atom stereocenters. The fourth-order valence-electron chi connectivity index (χ4n) is 2.53. The Balaban J connectivity index is 1.52. The Bertz CT molecular complexity index is 885. The highest BCUT2D eigenvalue weighted by molar-refractivity contribution is 5.77. The number of nitrogens with zero attached hydrogens (tertiary/aromatic N) is 4. The Morgan fingerprint density at radius 2 is 1.81 bits per heavy atom. The highest BCUT2D eigenvalue weighted by Gasteiger charge is 2.10. The monoisotopic (exact) mass is 365 g/mol. The fourth-order valence-corrected chi connectivity index (χ4v) is 2.53. The van der Waals surface area contributed by atoms with Gasteiger partial charge in [-0.3, -0.25) is 4.79 Å². The van der Waals surface area contributed by atoms with Crippen molar-refractivity contribution in [3.8, 4) is 11.4 Å². The molecular formula is C20H23N5O2. The second kappa shape index (κ2) is 8.44. The minimum absolute atomic E-state index is 0.0624. The molecule has 0 saturated heterocycles. The van der Waals surface area contributed by atoms with Crippen molar-refractivity contribution in [1.82, 2.24) is 25.5 Å². The molecule has 0 aliphatic rings. The van der Waals surface area contributed by atoms with E-state index in [4.69, 9.17) is 4.74 Å². The zero-order chi connectivity index (χ0) is 19.2. The zero-order valence-electron chi connectivity index (χ0n) is 15.7. The Labute approximate surface area is 158 Å². The number of carbonyl (C=O) groups excluding carboxylic acids is 1. The normalized spacial score (nSPS) is 10.8. The summed E-state index contributed by atoms with van der Waals surface area (Å²) < 4.78 is 7.13. The molecule has 1 heterocycles. The molecule has 0 saturated carbocycles. The van der Waals surface area contributed by atoms with Crippen LogP contribution in [0.25, 0.3) is 5.69 Å². The van der Waals surface area contributed by atoms with Gasteiger partial charge in [0.15, 0.2) is 12.4 Å². The fraction of sp³-hybridized carbons (Fsp3) is 0.300. The van der Waals surface area contributed by atoms with Gasteiger partial charge in [0.25, 0.3) is 5.91 Å². The second-order valence-electron chi connectivity index (χ2n) is 6.63. The van der Waals surface area contributed by atoms with E-state index >= 15 is 0 Å². The minimum atomic E-state index is -0.235. The zero-order valence-corrected chi connectivity index (χ0v) is 15.7. The molecule has 0 spiro atoms. The maximum absolute atomic E-state index is 12.1. The van der Waals surface area contributed by atoms with Crippen molar-refractivity contribution in [3.05, 3.63) is 65.5 Å². The molecule has 0 radical (unpaired) electrons. The van der Waals surface area contributed by atoms with Gasteiger partial charge < -0.3 is 10.1 Å². The summed E-state index contributed by atoms with van der Waals surface area (Å²) in [5.41, 5.74) is 3.23. The van der Waals surface area contributed by atoms with Crippen molar-refractivity contribution in [2.75, 3.05) is 6.61 Å². The summed E-state index contributed by atoms with van der Waals surface area (Å²) in [5.74, 6) is 1.44. The molecule has 27 heavy (non-hydrogen) atoms. The molecule has 0 fully saturated rings. The highest BCUT2D eigenvalue weighted by atomic mass is 16.5. The van der Waals surface area contributed by atoms with Crippen molar-refractivity contribution < 1.29 is 9.53 Å². The summed E-state index contributed by atoms with van der Waals surface area (Å²) in [6.07, 6.45) is 0. The van der Waals surface area contributed by atoms with Crippen LogP contribution in [0.2, 0.25) is 0 Å². The van der Waals surface area contributed by atoms with E-state index in [1.807, 2.05) is 55.5 Å². The molecule has 7 nitrogen and oxygen atoms in total. The van der Waals surface area contributed by atoms with Gasteiger partial charge in [-0.05, 0) is 53.1 Å². The molecule has 3 aromatic rings. The molecule has 0 unspecified atom stereocenters. The molecule has 2 aromatic carbocycles. The quantitative estimate of drug-likeness (QED) is 0.696. The van der Waals surface area contributed by atoms with Crippen LogP contribution in [0.15, 0.2) is 48.5 Å². The van der Waals surface area contributed by atoms with Crippen LogP contribution in [0.3, 0.4) is 0 Å². The van der Waals surface area contributed by atoms with E-state index in [9.17, 15) is 4.79 Å². The van der Waals surface area contributed by atoms with Crippen LogP contribution < -0.4 is 10.1 Å². The van der Waals surface area contributed by atoms with E-state index in [1.165, 1.54) is 5.56 Å².